The van der Waals surface area contributed by atoms with Gasteiger partial charge >= 0.3 is 5.97 Å². The van der Waals surface area contributed by atoms with Crippen LogP contribution in [0, 0.1) is 15.9 Å². The van der Waals surface area contributed by atoms with Crippen molar-refractivity contribution in [1.29, 1.82) is 0 Å². The predicted molar refractivity (Wildman–Crippen MR) is 153 cm³/mol. The number of nitrogens with zero attached hydrogens (tertiary/aromatic N) is 3. The summed E-state index contributed by atoms with van der Waals surface area (Å²) in [5, 5.41) is 11.7. The van der Waals surface area contributed by atoms with E-state index in [1.165, 1.54) is 25.2 Å². The maximum Gasteiger partial charge on any atom is 0.338 e. The molecule has 1 N–H and O–H groups in total. The number of hydrogen-bond acceptors (Lipinski definition) is 8. The van der Waals surface area contributed by atoms with Gasteiger partial charge in [0, 0.05) is 31.8 Å². The van der Waals surface area contributed by atoms with Crippen LogP contribution in [0.3, 0.4) is 0 Å². The van der Waals surface area contributed by atoms with Crippen LogP contribution in [0.1, 0.15) is 59.5 Å². The first-order valence-corrected chi connectivity index (χ1v) is 13.5. The number of amides is 1. The Morgan fingerprint density at radius 3 is 2.46 bits per heavy atom. The molecule has 0 radical (unpaired) electrons. The summed E-state index contributed by atoms with van der Waals surface area (Å²) >= 11 is 0. The van der Waals surface area contributed by atoms with E-state index < -0.39 is 34.6 Å². The molecule has 0 unspecified atom stereocenters. The number of nitro benzene ring substituents is 1. The van der Waals surface area contributed by atoms with Crippen molar-refractivity contribution in [2.75, 3.05) is 45.9 Å². The molecular formula is C29H37FN4O7. The number of nitro groups is 1. The van der Waals surface area contributed by atoms with Gasteiger partial charge in [0.25, 0.3) is 11.6 Å². The first-order valence-electron chi connectivity index (χ1n) is 13.5. The van der Waals surface area contributed by atoms with E-state index in [9.17, 15) is 24.1 Å². The highest BCUT2D eigenvalue weighted by molar-refractivity contribution is 6.09. The third-order valence-corrected chi connectivity index (χ3v) is 6.67. The standard InChI is InChI=1S/C29H37FN4O7/c1-6-8-9-12-32(3)17-21-13-19(29(36)41-7-2)10-11-24(21)33(18-26(39-4)40-5)28(35)23-15-20-14-22(30)16-25(34(37)38)27(20)31-23/h10-11,13-16,26,31H,6-9,12,17-18H2,1-5H3. The van der Waals surface area contributed by atoms with E-state index >= 15 is 0 Å². The number of esters is 1. The number of carbonyl (C=O) groups excluding carboxylic acids is 2. The van der Waals surface area contributed by atoms with E-state index in [1.807, 2.05) is 7.05 Å². The van der Waals surface area contributed by atoms with Crippen LogP contribution in [-0.2, 0) is 20.8 Å². The second kappa shape index (κ2) is 14.7. The summed E-state index contributed by atoms with van der Waals surface area (Å²) in [6, 6.07) is 8.23. The molecule has 0 aliphatic carbocycles. The van der Waals surface area contributed by atoms with E-state index in [4.69, 9.17) is 14.2 Å². The van der Waals surface area contributed by atoms with E-state index in [0.717, 1.165) is 37.9 Å². The zero-order chi connectivity index (χ0) is 30.1. The zero-order valence-corrected chi connectivity index (χ0v) is 24.1. The molecule has 1 aromatic heterocycles. The molecule has 0 spiro atoms. The van der Waals surface area contributed by atoms with Gasteiger partial charge in [-0.2, -0.15) is 0 Å². The Kier molecular flexibility index (Phi) is 11.3. The molecule has 0 fully saturated rings. The van der Waals surface area contributed by atoms with Crippen molar-refractivity contribution in [3.05, 3.63) is 69.2 Å². The Morgan fingerprint density at radius 1 is 1.10 bits per heavy atom. The molecule has 0 aliphatic heterocycles. The van der Waals surface area contributed by atoms with E-state index in [1.54, 1.807) is 25.1 Å². The monoisotopic (exact) mass is 572 g/mol. The van der Waals surface area contributed by atoms with Crippen molar-refractivity contribution in [3.8, 4) is 0 Å². The van der Waals surface area contributed by atoms with Gasteiger partial charge in [-0.25, -0.2) is 9.18 Å². The Morgan fingerprint density at radius 2 is 1.83 bits per heavy atom. The second-order valence-corrected chi connectivity index (χ2v) is 9.65. The number of hydrogen-bond donors (Lipinski definition) is 1. The number of carbonyl (C=O) groups is 2. The molecular weight excluding hydrogens is 535 g/mol. The molecule has 12 heteroatoms. The van der Waals surface area contributed by atoms with Crippen LogP contribution < -0.4 is 4.90 Å². The highest BCUT2D eigenvalue weighted by atomic mass is 19.1. The van der Waals surface area contributed by atoms with Gasteiger partial charge in [0.1, 0.15) is 17.0 Å². The van der Waals surface area contributed by atoms with Crippen LogP contribution in [0.15, 0.2) is 36.4 Å². The number of methoxy groups -OCH3 is 2. The number of ether oxygens (including phenoxy) is 3. The average Bonchev–Trinajstić information content (AvgIpc) is 3.37. The van der Waals surface area contributed by atoms with E-state index in [2.05, 4.69) is 16.8 Å². The van der Waals surface area contributed by atoms with Gasteiger partial charge in [0.05, 0.1) is 29.7 Å². The number of rotatable bonds is 15. The lowest BCUT2D eigenvalue weighted by atomic mass is 10.1. The van der Waals surface area contributed by atoms with Crippen LogP contribution in [0.4, 0.5) is 15.8 Å². The Balaban J connectivity index is 2.12. The Hall–Kier alpha value is -3.87. The number of fused-ring (bicyclic) bond motifs is 1. The third kappa shape index (κ3) is 7.87. The predicted octanol–water partition coefficient (Wildman–Crippen LogP) is 5.28. The number of unbranched alkanes of at least 4 members (excludes halogenated alkanes) is 2. The first kappa shape index (κ1) is 31.7. The number of aromatic nitrogens is 1. The summed E-state index contributed by atoms with van der Waals surface area (Å²) in [7, 11) is 4.84. The summed E-state index contributed by atoms with van der Waals surface area (Å²) in [6.07, 6.45) is 2.32. The molecule has 0 aliphatic rings. The normalized spacial score (nSPS) is 11.4. The minimum atomic E-state index is -0.810. The van der Waals surface area contributed by atoms with Crippen molar-refractivity contribution in [2.24, 2.45) is 0 Å². The largest absolute Gasteiger partial charge is 0.462 e. The van der Waals surface area contributed by atoms with Gasteiger partial charge in [-0.1, -0.05) is 19.8 Å². The van der Waals surface area contributed by atoms with E-state index in [0.29, 0.717) is 23.4 Å². The average molecular weight is 573 g/mol. The molecule has 0 atom stereocenters. The van der Waals surface area contributed by atoms with Gasteiger partial charge in [-0.15, -0.1) is 0 Å². The number of anilines is 1. The van der Waals surface area contributed by atoms with Crippen LogP contribution in [0.2, 0.25) is 0 Å². The lowest BCUT2D eigenvalue weighted by molar-refractivity contribution is -0.383. The molecule has 1 heterocycles. The van der Waals surface area contributed by atoms with Crippen LogP contribution >= 0.6 is 0 Å². The summed E-state index contributed by atoms with van der Waals surface area (Å²) < 4.78 is 30.1. The molecule has 0 saturated heterocycles. The van der Waals surface area contributed by atoms with Crippen molar-refractivity contribution in [2.45, 2.75) is 45.9 Å². The maximum absolute atomic E-state index is 14.1. The molecule has 41 heavy (non-hydrogen) atoms. The minimum Gasteiger partial charge on any atom is -0.462 e. The minimum absolute atomic E-state index is 0.0105. The number of H-pyrrole nitrogens is 1. The number of nitrogens with one attached hydrogen (secondary N) is 1. The summed E-state index contributed by atoms with van der Waals surface area (Å²) in [5.74, 6) is -1.82. The van der Waals surface area contributed by atoms with E-state index in [-0.39, 0.29) is 29.7 Å². The highest BCUT2D eigenvalue weighted by Crippen LogP contribution is 2.30. The van der Waals surface area contributed by atoms with Gasteiger partial charge in [0.2, 0.25) is 0 Å². The smallest absolute Gasteiger partial charge is 0.338 e. The molecule has 222 valence electrons. The second-order valence-electron chi connectivity index (χ2n) is 9.65. The molecule has 1 amide bonds. The Bertz CT molecular complexity index is 1370. The van der Waals surface area contributed by atoms with Crippen molar-refractivity contribution < 1.29 is 33.1 Å². The zero-order valence-electron chi connectivity index (χ0n) is 24.1. The molecule has 3 aromatic rings. The Labute approximate surface area is 238 Å². The van der Waals surface area contributed by atoms with Crippen molar-refractivity contribution in [3.63, 3.8) is 0 Å². The summed E-state index contributed by atoms with van der Waals surface area (Å²) in [6.45, 7) is 5.25. The number of aromatic amines is 1. The lowest BCUT2D eigenvalue weighted by Crippen LogP contribution is -2.40. The fourth-order valence-electron chi connectivity index (χ4n) is 4.60. The fourth-order valence-corrected chi connectivity index (χ4v) is 4.60. The topological polar surface area (TPSA) is 127 Å². The van der Waals surface area contributed by atoms with Crippen LogP contribution in [0.25, 0.3) is 10.9 Å². The van der Waals surface area contributed by atoms with Gasteiger partial charge in [-0.3, -0.25) is 14.9 Å². The summed E-state index contributed by atoms with van der Waals surface area (Å²) in [4.78, 5) is 43.8. The van der Waals surface area contributed by atoms with Crippen LogP contribution in [0.5, 0.6) is 0 Å². The number of non-ortho nitro benzene ring substituents is 1. The molecule has 0 bridgehead atoms. The summed E-state index contributed by atoms with van der Waals surface area (Å²) in [5.41, 5.74) is 1.07. The first-order chi connectivity index (χ1) is 19.6. The highest BCUT2D eigenvalue weighted by Gasteiger charge is 2.28. The molecule has 11 nitrogen and oxygen atoms in total. The number of benzene rings is 2. The quantitative estimate of drug-likeness (QED) is 0.0857. The maximum atomic E-state index is 14.1. The molecule has 2 aromatic carbocycles. The van der Waals surface area contributed by atoms with Gasteiger partial charge in [0.15, 0.2) is 6.29 Å². The van der Waals surface area contributed by atoms with Gasteiger partial charge in [-0.05, 0) is 62.8 Å². The van der Waals surface area contributed by atoms with Gasteiger partial charge < -0.3 is 29.0 Å². The third-order valence-electron chi connectivity index (χ3n) is 6.67. The molecule has 0 saturated carbocycles. The fraction of sp³-hybridized carbons (Fsp3) is 0.448. The lowest BCUT2D eigenvalue weighted by Gasteiger charge is -2.29. The SMILES string of the molecule is CCCCCN(C)Cc1cc(C(=O)OCC)ccc1N(CC(OC)OC)C(=O)c1cc2cc(F)cc([N+](=O)[O-])c2[nH]1. The van der Waals surface area contributed by atoms with Crippen molar-refractivity contribution in [1.82, 2.24) is 9.88 Å². The number of halogens is 1. The van der Waals surface area contributed by atoms with Crippen molar-refractivity contribution >= 4 is 34.2 Å². The van der Waals surface area contributed by atoms with Crippen LogP contribution in [-0.4, -0.2) is 73.9 Å². The molecule has 3 rings (SSSR count).